The fourth-order valence-corrected chi connectivity index (χ4v) is 4.32. The van der Waals surface area contributed by atoms with Crippen LogP contribution in [0.15, 0.2) is 17.9 Å². The number of aryl methyl sites for hydroxylation is 1. The molecule has 1 saturated carbocycles. The van der Waals surface area contributed by atoms with Crippen molar-refractivity contribution in [1.29, 1.82) is 0 Å². The molecule has 7 nitrogen and oxygen atoms in total. The number of fused-ring (bicyclic) bond motifs is 1. The van der Waals surface area contributed by atoms with Gasteiger partial charge in [-0.1, -0.05) is 12.8 Å². The van der Waals surface area contributed by atoms with E-state index in [1.165, 1.54) is 24.2 Å². The number of amides is 1. The van der Waals surface area contributed by atoms with Gasteiger partial charge in [-0.25, -0.2) is 4.98 Å². The molecule has 3 heterocycles. The second kappa shape index (κ2) is 6.01. The van der Waals surface area contributed by atoms with Gasteiger partial charge in [0, 0.05) is 17.6 Å². The molecule has 4 rings (SSSR count). The highest BCUT2D eigenvalue weighted by atomic mass is 32.1. The number of thiazole rings is 1. The molecule has 3 aromatic heterocycles. The lowest BCUT2D eigenvalue weighted by Crippen LogP contribution is -2.30. The van der Waals surface area contributed by atoms with Gasteiger partial charge in [0.05, 0.1) is 11.7 Å². The highest BCUT2D eigenvalue weighted by Crippen LogP contribution is 2.31. The first-order chi connectivity index (χ1) is 11.6. The SMILES string of the molecule is Cc1cn2c(C(=O)NC(C)c3nncn3C3CCCC3)csc2n1. The van der Waals surface area contributed by atoms with E-state index in [-0.39, 0.29) is 11.9 Å². The maximum Gasteiger partial charge on any atom is 0.269 e. The molecule has 1 amide bonds. The minimum absolute atomic E-state index is 0.118. The van der Waals surface area contributed by atoms with E-state index >= 15 is 0 Å². The summed E-state index contributed by atoms with van der Waals surface area (Å²) in [6.07, 6.45) is 8.48. The lowest BCUT2D eigenvalue weighted by molar-refractivity contribution is 0.0931. The number of nitrogens with zero attached hydrogens (tertiary/aromatic N) is 5. The van der Waals surface area contributed by atoms with Gasteiger partial charge in [-0.3, -0.25) is 9.20 Å². The van der Waals surface area contributed by atoms with Crippen LogP contribution in [0.3, 0.4) is 0 Å². The predicted molar refractivity (Wildman–Crippen MR) is 91.2 cm³/mol. The van der Waals surface area contributed by atoms with Crippen molar-refractivity contribution in [2.45, 2.75) is 51.6 Å². The number of hydrogen-bond donors (Lipinski definition) is 1. The lowest BCUT2D eigenvalue weighted by Gasteiger charge is -2.18. The minimum atomic E-state index is -0.194. The number of hydrogen-bond acceptors (Lipinski definition) is 5. The van der Waals surface area contributed by atoms with Gasteiger partial charge in [-0.2, -0.15) is 0 Å². The molecule has 8 heteroatoms. The van der Waals surface area contributed by atoms with Crippen molar-refractivity contribution in [2.24, 2.45) is 0 Å². The molecule has 0 saturated heterocycles. The molecule has 1 aliphatic carbocycles. The minimum Gasteiger partial charge on any atom is -0.341 e. The van der Waals surface area contributed by atoms with Gasteiger partial charge in [-0.05, 0) is 26.7 Å². The lowest BCUT2D eigenvalue weighted by atomic mass is 10.2. The largest absolute Gasteiger partial charge is 0.341 e. The molecule has 126 valence electrons. The Hall–Kier alpha value is -2.22. The molecule has 1 N–H and O–H groups in total. The third-order valence-corrected chi connectivity index (χ3v) is 5.46. The van der Waals surface area contributed by atoms with Gasteiger partial charge in [0.1, 0.15) is 12.0 Å². The topological polar surface area (TPSA) is 77.1 Å². The van der Waals surface area contributed by atoms with Crippen LogP contribution in [-0.4, -0.2) is 30.1 Å². The monoisotopic (exact) mass is 344 g/mol. The molecular formula is C16H20N6OS. The van der Waals surface area contributed by atoms with E-state index in [0.29, 0.717) is 11.7 Å². The van der Waals surface area contributed by atoms with Crippen molar-refractivity contribution in [3.63, 3.8) is 0 Å². The number of rotatable bonds is 4. The number of aromatic nitrogens is 5. The molecule has 0 spiro atoms. The molecule has 1 unspecified atom stereocenters. The summed E-state index contributed by atoms with van der Waals surface area (Å²) in [4.78, 5) is 17.9. The first-order valence-electron chi connectivity index (χ1n) is 8.27. The molecular weight excluding hydrogens is 324 g/mol. The summed E-state index contributed by atoms with van der Waals surface area (Å²) < 4.78 is 3.96. The molecule has 0 radical (unpaired) electrons. The first-order valence-corrected chi connectivity index (χ1v) is 9.15. The number of nitrogens with one attached hydrogen (secondary N) is 1. The van der Waals surface area contributed by atoms with E-state index in [1.54, 1.807) is 6.33 Å². The molecule has 1 aliphatic rings. The smallest absolute Gasteiger partial charge is 0.269 e. The zero-order valence-corrected chi connectivity index (χ0v) is 14.6. The maximum atomic E-state index is 12.7. The van der Waals surface area contributed by atoms with Gasteiger partial charge >= 0.3 is 0 Å². The highest BCUT2D eigenvalue weighted by Gasteiger charge is 2.24. The second-order valence-corrected chi connectivity index (χ2v) is 7.22. The molecule has 0 aliphatic heterocycles. The van der Waals surface area contributed by atoms with Crippen LogP contribution in [0.4, 0.5) is 0 Å². The summed E-state index contributed by atoms with van der Waals surface area (Å²) >= 11 is 1.47. The van der Waals surface area contributed by atoms with Crippen molar-refractivity contribution in [1.82, 2.24) is 29.5 Å². The summed E-state index contributed by atoms with van der Waals surface area (Å²) in [5.41, 5.74) is 1.51. The third-order valence-electron chi connectivity index (χ3n) is 4.62. The second-order valence-electron chi connectivity index (χ2n) is 6.39. The van der Waals surface area contributed by atoms with E-state index in [2.05, 4.69) is 25.1 Å². The van der Waals surface area contributed by atoms with E-state index in [9.17, 15) is 4.79 Å². The summed E-state index contributed by atoms with van der Waals surface area (Å²) in [6, 6.07) is 0.263. The van der Waals surface area contributed by atoms with Crippen LogP contribution >= 0.6 is 11.3 Å². The summed E-state index contributed by atoms with van der Waals surface area (Å²) in [6.45, 7) is 3.88. The normalized spacial score (nSPS) is 16.8. The average Bonchev–Trinajstić information content (AvgIpc) is 3.30. The third kappa shape index (κ3) is 2.60. The van der Waals surface area contributed by atoms with Crippen LogP contribution in [-0.2, 0) is 0 Å². The van der Waals surface area contributed by atoms with Crippen LogP contribution < -0.4 is 5.32 Å². The van der Waals surface area contributed by atoms with Crippen molar-refractivity contribution in [2.75, 3.05) is 0 Å². The van der Waals surface area contributed by atoms with Gasteiger partial charge in [-0.15, -0.1) is 21.5 Å². The van der Waals surface area contributed by atoms with Crippen LogP contribution in [0.25, 0.3) is 4.96 Å². The zero-order valence-electron chi connectivity index (χ0n) is 13.8. The van der Waals surface area contributed by atoms with Crippen molar-refractivity contribution >= 4 is 22.2 Å². The summed E-state index contributed by atoms with van der Waals surface area (Å²) in [7, 11) is 0. The standard InChI is InChI=1S/C16H20N6OS/c1-10-7-21-13(8-24-16(21)18-10)15(23)19-11(2)14-20-17-9-22(14)12-5-3-4-6-12/h7-9,11-12H,3-6H2,1-2H3,(H,19,23). The molecule has 0 aromatic carbocycles. The Morgan fingerprint density at radius 1 is 1.42 bits per heavy atom. The summed E-state index contributed by atoms with van der Waals surface area (Å²) in [5, 5.41) is 13.2. The van der Waals surface area contributed by atoms with Crippen LogP contribution in [0.1, 0.15) is 66.7 Å². The Bertz CT molecular complexity index is 872. The Morgan fingerprint density at radius 3 is 3.00 bits per heavy atom. The molecule has 0 bridgehead atoms. The molecule has 24 heavy (non-hydrogen) atoms. The van der Waals surface area contributed by atoms with Crippen molar-refractivity contribution in [3.05, 3.63) is 35.1 Å². The van der Waals surface area contributed by atoms with E-state index in [1.807, 2.05) is 29.8 Å². The van der Waals surface area contributed by atoms with Gasteiger partial charge in [0.25, 0.3) is 5.91 Å². The zero-order chi connectivity index (χ0) is 16.7. The van der Waals surface area contributed by atoms with Gasteiger partial charge in [0.2, 0.25) is 0 Å². The van der Waals surface area contributed by atoms with Crippen LogP contribution in [0.5, 0.6) is 0 Å². The fraction of sp³-hybridized carbons (Fsp3) is 0.500. The van der Waals surface area contributed by atoms with E-state index in [4.69, 9.17) is 0 Å². The Balaban J connectivity index is 1.54. The Labute approximate surface area is 143 Å². The number of carbonyl (C=O) groups is 1. The molecule has 3 aromatic rings. The Morgan fingerprint density at radius 2 is 2.21 bits per heavy atom. The van der Waals surface area contributed by atoms with Gasteiger partial charge in [0.15, 0.2) is 10.8 Å². The van der Waals surface area contributed by atoms with Crippen LogP contribution in [0, 0.1) is 6.92 Å². The van der Waals surface area contributed by atoms with Crippen molar-refractivity contribution in [3.8, 4) is 0 Å². The number of carbonyl (C=O) groups excluding carboxylic acids is 1. The molecule has 1 fully saturated rings. The molecule has 1 atom stereocenters. The fourth-order valence-electron chi connectivity index (χ4n) is 3.42. The van der Waals surface area contributed by atoms with Crippen molar-refractivity contribution < 1.29 is 4.79 Å². The summed E-state index contributed by atoms with van der Waals surface area (Å²) in [5.74, 6) is 0.704. The quantitative estimate of drug-likeness (QED) is 0.789. The van der Waals surface area contributed by atoms with Crippen LogP contribution in [0.2, 0.25) is 0 Å². The highest BCUT2D eigenvalue weighted by molar-refractivity contribution is 7.15. The van der Waals surface area contributed by atoms with E-state index in [0.717, 1.165) is 29.3 Å². The Kier molecular flexibility index (Phi) is 3.84. The average molecular weight is 344 g/mol. The maximum absolute atomic E-state index is 12.7. The number of imidazole rings is 1. The predicted octanol–water partition coefficient (Wildman–Crippen LogP) is 2.90. The van der Waals surface area contributed by atoms with E-state index < -0.39 is 0 Å². The van der Waals surface area contributed by atoms with Gasteiger partial charge < -0.3 is 9.88 Å². The first kappa shape index (κ1) is 15.3.